The van der Waals surface area contributed by atoms with Crippen LogP contribution in [0.4, 0.5) is 0 Å². The number of benzene rings is 1. The van der Waals surface area contributed by atoms with E-state index in [2.05, 4.69) is 13.8 Å². The molecule has 1 rings (SSSR count). The van der Waals surface area contributed by atoms with Gasteiger partial charge in [-0.3, -0.25) is 4.79 Å². The zero-order valence-electron chi connectivity index (χ0n) is 9.00. The van der Waals surface area contributed by atoms with Crippen molar-refractivity contribution in [1.29, 1.82) is 0 Å². The van der Waals surface area contributed by atoms with Crippen molar-refractivity contribution in [2.75, 3.05) is 6.61 Å². The molecule has 0 aliphatic rings. The highest BCUT2D eigenvalue weighted by Crippen LogP contribution is 2.19. The molecule has 1 aromatic carbocycles. The Balaban J connectivity index is 2.72. The fourth-order valence-corrected chi connectivity index (χ4v) is 1.34. The van der Waals surface area contributed by atoms with Gasteiger partial charge in [0.05, 0.1) is 13.0 Å². The minimum atomic E-state index is -0.365. The Morgan fingerprint density at radius 3 is 2.67 bits per heavy atom. The first-order valence-corrected chi connectivity index (χ1v) is 5.36. The summed E-state index contributed by atoms with van der Waals surface area (Å²) in [6.45, 7) is 4.80. The normalized spacial score (nSPS) is 10.4. The lowest BCUT2D eigenvalue weighted by atomic mass is 10.1. The van der Waals surface area contributed by atoms with E-state index in [0.717, 1.165) is 11.3 Å². The van der Waals surface area contributed by atoms with E-state index in [1.807, 2.05) is 24.3 Å². The summed E-state index contributed by atoms with van der Waals surface area (Å²) in [6.07, 6.45) is 0.218. The van der Waals surface area contributed by atoms with Gasteiger partial charge in [0.15, 0.2) is 0 Å². The van der Waals surface area contributed by atoms with Gasteiger partial charge in [0.2, 0.25) is 5.24 Å². The second kappa shape index (κ2) is 5.76. The molecule has 0 N–H and O–H groups in total. The summed E-state index contributed by atoms with van der Waals surface area (Å²) in [5.74, 6) is 1.21. The first-order chi connectivity index (χ1) is 7.09. The van der Waals surface area contributed by atoms with Crippen molar-refractivity contribution in [2.24, 2.45) is 5.92 Å². The largest absolute Gasteiger partial charge is 0.493 e. The quantitative estimate of drug-likeness (QED) is 0.722. The van der Waals surface area contributed by atoms with E-state index >= 15 is 0 Å². The number of carbonyl (C=O) groups is 1. The molecule has 3 heteroatoms. The van der Waals surface area contributed by atoms with Crippen LogP contribution in [0.15, 0.2) is 24.3 Å². The Morgan fingerprint density at radius 2 is 2.07 bits per heavy atom. The maximum Gasteiger partial charge on any atom is 0.226 e. The zero-order valence-corrected chi connectivity index (χ0v) is 9.75. The standard InChI is InChI=1S/C12H15ClO2/c1-9(2)8-15-11-6-4-3-5-10(11)7-12(13)14/h3-6,9H,7-8H2,1-2H3. The summed E-state index contributed by atoms with van der Waals surface area (Å²) in [5.41, 5.74) is 0.846. The van der Waals surface area contributed by atoms with Crippen molar-refractivity contribution >= 4 is 16.8 Å². The van der Waals surface area contributed by atoms with E-state index in [9.17, 15) is 4.79 Å². The smallest absolute Gasteiger partial charge is 0.226 e. The summed E-state index contributed by atoms with van der Waals surface area (Å²) >= 11 is 5.35. The number of rotatable bonds is 5. The third-order valence-corrected chi connectivity index (χ3v) is 2.01. The van der Waals surface area contributed by atoms with Crippen LogP contribution in [0.3, 0.4) is 0 Å². The Kier molecular flexibility index (Phi) is 4.63. The fraction of sp³-hybridized carbons (Fsp3) is 0.417. The SMILES string of the molecule is CC(C)COc1ccccc1CC(=O)Cl. The van der Waals surface area contributed by atoms with E-state index in [-0.39, 0.29) is 11.7 Å². The van der Waals surface area contributed by atoms with Crippen LogP contribution in [0.25, 0.3) is 0 Å². The molecule has 0 bridgehead atoms. The molecule has 1 aromatic rings. The Labute approximate surface area is 95.2 Å². The van der Waals surface area contributed by atoms with Crippen molar-refractivity contribution < 1.29 is 9.53 Å². The molecule has 0 spiro atoms. The molecule has 0 saturated heterocycles. The minimum Gasteiger partial charge on any atom is -0.493 e. The van der Waals surface area contributed by atoms with Crippen LogP contribution in [-0.2, 0) is 11.2 Å². The highest BCUT2D eigenvalue weighted by molar-refractivity contribution is 6.63. The molecule has 82 valence electrons. The number of carbonyl (C=O) groups excluding carboxylic acids is 1. The molecule has 0 radical (unpaired) electrons. The molecule has 0 amide bonds. The van der Waals surface area contributed by atoms with Gasteiger partial charge in [-0.15, -0.1) is 0 Å². The monoisotopic (exact) mass is 226 g/mol. The molecule has 0 atom stereocenters. The van der Waals surface area contributed by atoms with Crippen molar-refractivity contribution in [1.82, 2.24) is 0 Å². The van der Waals surface area contributed by atoms with Crippen molar-refractivity contribution in [3.8, 4) is 5.75 Å². The van der Waals surface area contributed by atoms with Crippen molar-refractivity contribution in [3.63, 3.8) is 0 Å². The highest BCUT2D eigenvalue weighted by Gasteiger charge is 2.06. The summed E-state index contributed by atoms with van der Waals surface area (Å²) in [4.78, 5) is 10.8. The van der Waals surface area contributed by atoms with Gasteiger partial charge in [-0.2, -0.15) is 0 Å². The van der Waals surface area contributed by atoms with Crippen molar-refractivity contribution in [2.45, 2.75) is 20.3 Å². The first-order valence-electron chi connectivity index (χ1n) is 4.98. The molecule has 15 heavy (non-hydrogen) atoms. The maximum atomic E-state index is 10.8. The molecule has 0 aromatic heterocycles. The predicted molar refractivity (Wildman–Crippen MR) is 61.3 cm³/mol. The summed E-state index contributed by atoms with van der Waals surface area (Å²) < 4.78 is 5.59. The van der Waals surface area contributed by atoms with Crippen molar-refractivity contribution in [3.05, 3.63) is 29.8 Å². The van der Waals surface area contributed by atoms with Gasteiger partial charge in [-0.25, -0.2) is 0 Å². The van der Waals surface area contributed by atoms with E-state index in [1.54, 1.807) is 0 Å². The minimum absolute atomic E-state index is 0.218. The molecule has 0 heterocycles. The van der Waals surface area contributed by atoms with Gasteiger partial charge in [-0.1, -0.05) is 32.0 Å². The lowest BCUT2D eigenvalue weighted by Gasteiger charge is -2.11. The first kappa shape index (κ1) is 12.1. The molecule has 0 fully saturated rings. The number of hydrogen-bond acceptors (Lipinski definition) is 2. The van der Waals surface area contributed by atoms with Gasteiger partial charge in [-0.05, 0) is 23.6 Å². The highest BCUT2D eigenvalue weighted by atomic mass is 35.5. The van der Waals surface area contributed by atoms with Crippen LogP contribution in [0.5, 0.6) is 5.75 Å². The maximum absolute atomic E-state index is 10.8. The third kappa shape index (κ3) is 4.34. The average Bonchev–Trinajstić information content (AvgIpc) is 2.15. The molecular weight excluding hydrogens is 212 g/mol. The van der Waals surface area contributed by atoms with Crippen LogP contribution >= 0.6 is 11.6 Å². The Morgan fingerprint density at radius 1 is 1.40 bits per heavy atom. The predicted octanol–water partition coefficient (Wildman–Crippen LogP) is 3.03. The third-order valence-electron chi connectivity index (χ3n) is 1.87. The van der Waals surface area contributed by atoms with Crippen LogP contribution in [0.2, 0.25) is 0 Å². The molecular formula is C12H15ClO2. The van der Waals surface area contributed by atoms with Gasteiger partial charge in [0.1, 0.15) is 5.75 Å². The number of para-hydroxylation sites is 1. The molecule has 0 aliphatic carbocycles. The zero-order chi connectivity index (χ0) is 11.3. The summed E-state index contributed by atoms with van der Waals surface area (Å²) in [5, 5.41) is -0.365. The van der Waals surface area contributed by atoms with Gasteiger partial charge >= 0.3 is 0 Å². The fourth-order valence-electron chi connectivity index (χ4n) is 1.20. The number of hydrogen-bond donors (Lipinski definition) is 0. The van der Waals surface area contributed by atoms with Crippen LogP contribution < -0.4 is 4.74 Å². The van der Waals surface area contributed by atoms with E-state index in [0.29, 0.717) is 12.5 Å². The second-order valence-corrected chi connectivity index (χ2v) is 4.27. The lowest BCUT2D eigenvalue weighted by molar-refractivity contribution is -0.111. The second-order valence-electron chi connectivity index (χ2n) is 3.84. The topological polar surface area (TPSA) is 26.3 Å². The van der Waals surface area contributed by atoms with E-state index < -0.39 is 0 Å². The summed E-state index contributed by atoms with van der Waals surface area (Å²) in [6, 6.07) is 7.47. The van der Waals surface area contributed by atoms with E-state index in [4.69, 9.17) is 16.3 Å². The summed E-state index contributed by atoms with van der Waals surface area (Å²) in [7, 11) is 0. The molecule has 0 aliphatic heterocycles. The van der Waals surface area contributed by atoms with Crippen LogP contribution in [0.1, 0.15) is 19.4 Å². The molecule has 2 nitrogen and oxygen atoms in total. The van der Waals surface area contributed by atoms with Crippen LogP contribution in [0, 0.1) is 5.92 Å². The lowest BCUT2D eigenvalue weighted by Crippen LogP contribution is -2.07. The number of halogens is 1. The Hall–Kier alpha value is -1.02. The molecule has 0 saturated carbocycles. The molecule has 0 unspecified atom stereocenters. The van der Waals surface area contributed by atoms with Gasteiger partial charge < -0.3 is 4.74 Å². The Bertz CT molecular complexity index is 334. The van der Waals surface area contributed by atoms with Crippen LogP contribution in [-0.4, -0.2) is 11.8 Å². The van der Waals surface area contributed by atoms with E-state index in [1.165, 1.54) is 0 Å². The average molecular weight is 227 g/mol. The number of ether oxygens (including phenoxy) is 1. The van der Waals surface area contributed by atoms with Gasteiger partial charge in [0, 0.05) is 5.56 Å². The van der Waals surface area contributed by atoms with Gasteiger partial charge in [0.25, 0.3) is 0 Å².